The Kier molecular flexibility index (Phi) is 6.36. The van der Waals surface area contributed by atoms with Crippen LogP contribution < -0.4 is 10.2 Å². The summed E-state index contributed by atoms with van der Waals surface area (Å²) in [5, 5.41) is 4.15. The van der Waals surface area contributed by atoms with Gasteiger partial charge in [-0.1, -0.05) is 0 Å². The summed E-state index contributed by atoms with van der Waals surface area (Å²) in [6, 6.07) is 7.65. The van der Waals surface area contributed by atoms with E-state index in [1.54, 1.807) is 0 Å². The fourth-order valence-electron chi connectivity index (χ4n) is 2.17. The zero-order chi connectivity index (χ0) is 15.8. The largest absolute Gasteiger partial charge is 0.494 e. The van der Waals surface area contributed by atoms with Crippen molar-refractivity contribution in [2.24, 2.45) is 5.10 Å². The fourth-order valence-corrected chi connectivity index (χ4v) is 2.17. The lowest BCUT2D eigenvalue weighted by molar-refractivity contribution is -0.123. The summed E-state index contributed by atoms with van der Waals surface area (Å²) in [6.45, 7) is 7.75. The molecule has 1 N–H and O–H groups in total. The number of hydrazone groups is 1. The lowest BCUT2D eigenvalue weighted by atomic mass is 10.1. The molecule has 0 radical (unpaired) electrons. The highest BCUT2D eigenvalue weighted by molar-refractivity contribution is 5.99. The quantitative estimate of drug-likeness (QED) is 0.635. The van der Waals surface area contributed by atoms with Crippen LogP contribution in [0.15, 0.2) is 29.4 Å². The van der Waals surface area contributed by atoms with Crippen LogP contribution in [-0.2, 0) is 9.53 Å². The molecule has 1 aliphatic heterocycles. The topological polar surface area (TPSA) is 63.2 Å². The molecular weight excluding hydrogens is 282 g/mol. The number of hydrogen-bond acceptors (Lipinski definition) is 5. The molecule has 0 aromatic heterocycles. The van der Waals surface area contributed by atoms with Crippen molar-refractivity contribution in [3.05, 3.63) is 29.8 Å². The minimum atomic E-state index is -0.104. The van der Waals surface area contributed by atoms with Gasteiger partial charge in [-0.2, -0.15) is 5.10 Å². The van der Waals surface area contributed by atoms with Gasteiger partial charge in [-0.15, -0.1) is 0 Å². The summed E-state index contributed by atoms with van der Waals surface area (Å²) < 4.78 is 10.7. The second-order valence-corrected chi connectivity index (χ2v) is 5.08. The lowest BCUT2D eigenvalue weighted by Crippen LogP contribution is -2.42. The normalized spacial score (nSPS) is 16.4. The van der Waals surface area contributed by atoms with E-state index in [1.807, 2.05) is 38.1 Å². The van der Waals surface area contributed by atoms with Gasteiger partial charge in [0, 0.05) is 13.1 Å². The van der Waals surface area contributed by atoms with E-state index in [1.165, 1.54) is 0 Å². The summed E-state index contributed by atoms with van der Waals surface area (Å²) in [5.41, 5.74) is 4.32. The number of ether oxygens (including phenoxy) is 2. The van der Waals surface area contributed by atoms with E-state index in [4.69, 9.17) is 9.47 Å². The van der Waals surface area contributed by atoms with Crippen LogP contribution in [0.5, 0.6) is 5.75 Å². The molecule has 1 heterocycles. The van der Waals surface area contributed by atoms with Gasteiger partial charge in [0.2, 0.25) is 0 Å². The van der Waals surface area contributed by atoms with Crippen molar-refractivity contribution < 1.29 is 14.3 Å². The number of carbonyl (C=O) groups excluding carboxylic acids is 1. The summed E-state index contributed by atoms with van der Waals surface area (Å²) in [7, 11) is 0. The highest BCUT2D eigenvalue weighted by Gasteiger charge is 2.13. The molecule has 0 atom stereocenters. The minimum absolute atomic E-state index is 0.104. The first kappa shape index (κ1) is 16.5. The van der Waals surface area contributed by atoms with E-state index in [9.17, 15) is 4.79 Å². The van der Waals surface area contributed by atoms with Crippen LogP contribution in [0.4, 0.5) is 0 Å². The monoisotopic (exact) mass is 305 g/mol. The van der Waals surface area contributed by atoms with E-state index >= 15 is 0 Å². The Labute approximate surface area is 131 Å². The molecule has 0 unspecified atom stereocenters. The maximum absolute atomic E-state index is 11.9. The van der Waals surface area contributed by atoms with E-state index in [0.29, 0.717) is 26.4 Å². The molecular formula is C16H23N3O3. The Morgan fingerprint density at radius 2 is 2.00 bits per heavy atom. The predicted octanol–water partition coefficient (Wildman–Crippen LogP) is 1.26. The second-order valence-electron chi connectivity index (χ2n) is 5.08. The molecule has 120 valence electrons. The number of benzene rings is 1. The molecule has 2 rings (SSSR count). The maximum atomic E-state index is 11.9. The van der Waals surface area contributed by atoms with Crippen LogP contribution >= 0.6 is 0 Å². The average molecular weight is 305 g/mol. The van der Waals surface area contributed by atoms with Crippen LogP contribution in [-0.4, -0.2) is 56.0 Å². The molecule has 0 bridgehead atoms. The van der Waals surface area contributed by atoms with Crippen LogP contribution in [0.2, 0.25) is 0 Å². The highest BCUT2D eigenvalue weighted by Crippen LogP contribution is 2.12. The van der Waals surface area contributed by atoms with Gasteiger partial charge in [-0.05, 0) is 43.7 Å². The van der Waals surface area contributed by atoms with Gasteiger partial charge in [0.15, 0.2) is 0 Å². The maximum Gasteiger partial charge on any atom is 0.254 e. The Morgan fingerprint density at radius 1 is 1.32 bits per heavy atom. The first-order chi connectivity index (χ1) is 10.7. The number of hydrogen-bond donors (Lipinski definition) is 1. The molecule has 1 amide bonds. The van der Waals surface area contributed by atoms with E-state index < -0.39 is 0 Å². The first-order valence-corrected chi connectivity index (χ1v) is 7.55. The van der Waals surface area contributed by atoms with Gasteiger partial charge in [0.1, 0.15) is 5.75 Å². The Balaban J connectivity index is 1.84. The van der Waals surface area contributed by atoms with Gasteiger partial charge < -0.3 is 9.47 Å². The first-order valence-electron chi connectivity index (χ1n) is 7.55. The molecule has 1 saturated heterocycles. The number of carbonyl (C=O) groups is 1. The fraction of sp³-hybridized carbons (Fsp3) is 0.500. The number of nitrogens with one attached hydrogen (secondary N) is 1. The third-order valence-electron chi connectivity index (χ3n) is 3.40. The Hall–Kier alpha value is -1.92. The van der Waals surface area contributed by atoms with Gasteiger partial charge in [0.25, 0.3) is 5.91 Å². The SMILES string of the molecule is CCOc1ccc(C(C)=NNC(=O)CN2CCOCC2)cc1. The minimum Gasteiger partial charge on any atom is -0.494 e. The third-order valence-corrected chi connectivity index (χ3v) is 3.40. The van der Waals surface area contributed by atoms with Crippen molar-refractivity contribution in [1.82, 2.24) is 10.3 Å². The van der Waals surface area contributed by atoms with Crippen molar-refractivity contribution in [2.45, 2.75) is 13.8 Å². The van der Waals surface area contributed by atoms with E-state index in [-0.39, 0.29) is 5.91 Å². The van der Waals surface area contributed by atoms with Gasteiger partial charge >= 0.3 is 0 Å². The standard InChI is InChI=1S/C16H23N3O3/c1-3-22-15-6-4-14(5-7-15)13(2)17-18-16(20)12-19-8-10-21-11-9-19/h4-7H,3,8-12H2,1-2H3,(H,18,20). The van der Waals surface area contributed by atoms with Crippen molar-refractivity contribution >= 4 is 11.6 Å². The smallest absolute Gasteiger partial charge is 0.254 e. The van der Waals surface area contributed by atoms with Crippen LogP contribution in [0.3, 0.4) is 0 Å². The molecule has 0 spiro atoms. The number of morpholine rings is 1. The molecule has 22 heavy (non-hydrogen) atoms. The molecule has 1 aliphatic rings. The average Bonchev–Trinajstić information content (AvgIpc) is 2.54. The second kappa shape index (κ2) is 8.51. The van der Waals surface area contributed by atoms with E-state index in [2.05, 4.69) is 15.4 Å². The Morgan fingerprint density at radius 3 is 2.64 bits per heavy atom. The van der Waals surface area contributed by atoms with Crippen molar-refractivity contribution in [3.63, 3.8) is 0 Å². The summed E-state index contributed by atoms with van der Waals surface area (Å²) in [4.78, 5) is 13.9. The van der Waals surface area contributed by atoms with Gasteiger partial charge in [-0.25, -0.2) is 5.43 Å². The molecule has 6 heteroatoms. The summed E-state index contributed by atoms with van der Waals surface area (Å²) in [5.74, 6) is 0.725. The highest BCUT2D eigenvalue weighted by atomic mass is 16.5. The molecule has 0 aliphatic carbocycles. The third kappa shape index (κ3) is 5.13. The number of nitrogens with zero attached hydrogens (tertiary/aromatic N) is 2. The zero-order valence-corrected chi connectivity index (χ0v) is 13.2. The van der Waals surface area contributed by atoms with Crippen LogP contribution in [0, 0.1) is 0 Å². The molecule has 6 nitrogen and oxygen atoms in total. The summed E-state index contributed by atoms with van der Waals surface area (Å²) >= 11 is 0. The van der Waals surface area contributed by atoms with Crippen LogP contribution in [0.1, 0.15) is 19.4 Å². The molecule has 1 fully saturated rings. The molecule has 1 aromatic rings. The Bertz CT molecular complexity index is 508. The van der Waals surface area contributed by atoms with Gasteiger partial charge in [-0.3, -0.25) is 9.69 Å². The molecule has 0 saturated carbocycles. The van der Waals surface area contributed by atoms with Gasteiger partial charge in [0.05, 0.1) is 32.1 Å². The number of amides is 1. The predicted molar refractivity (Wildman–Crippen MR) is 85.2 cm³/mol. The van der Waals surface area contributed by atoms with Crippen molar-refractivity contribution in [1.29, 1.82) is 0 Å². The number of rotatable bonds is 6. The summed E-state index contributed by atoms with van der Waals surface area (Å²) in [6.07, 6.45) is 0. The zero-order valence-electron chi connectivity index (χ0n) is 13.2. The van der Waals surface area contributed by atoms with Crippen molar-refractivity contribution in [2.75, 3.05) is 39.5 Å². The lowest BCUT2D eigenvalue weighted by Gasteiger charge is -2.25. The van der Waals surface area contributed by atoms with Crippen LogP contribution in [0.25, 0.3) is 0 Å². The van der Waals surface area contributed by atoms with E-state index in [0.717, 1.165) is 30.1 Å². The van der Waals surface area contributed by atoms with Crippen molar-refractivity contribution in [3.8, 4) is 5.75 Å². The molecule has 1 aromatic carbocycles.